The van der Waals surface area contributed by atoms with E-state index in [0.717, 1.165) is 18.2 Å². The summed E-state index contributed by atoms with van der Waals surface area (Å²) in [5.74, 6) is -9.59. The van der Waals surface area contributed by atoms with Crippen LogP contribution in [0.1, 0.15) is 16.7 Å². The summed E-state index contributed by atoms with van der Waals surface area (Å²) in [6.45, 7) is -0.406. The summed E-state index contributed by atoms with van der Waals surface area (Å²) in [6, 6.07) is 7.41. The summed E-state index contributed by atoms with van der Waals surface area (Å²) < 4.78 is 26.9. The van der Waals surface area contributed by atoms with Crippen molar-refractivity contribution in [2.45, 2.75) is 73.9 Å². The lowest BCUT2D eigenvalue weighted by Gasteiger charge is -2.43. The molecular formula is C35H36N2O20. The van der Waals surface area contributed by atoms with Crippen LogP contribution in [0.25, 0.3) is 22.3 Å². The molecule has 0 bridgehead atoms. The number of phenolic OH excluding ortho intramolecular Hbond substituents is 3. The summed E-state index contributed by atoms with van der Waals surface area (Å²) in [4.78, 5) is 42.3. The van der Waals surface area contributed by atoms with E-state index >= 15 is 0 Å². The van der Waals surface area contributed by atoms with E-state index in [1.165, 1.54) is 24.4 Å². The van der Waals surface area contributed by atoms with E-state index in [1.54, 1.807) is 0 Å². The molecule has 0 amide bonds. The van der Waals surface area contributed by atoms with Gasteiger partial charge in [-0.2, -0.15) is 0 Å². The molecule has 2 aromatic heterocycles. The molecular weight excluding hydrogens is 768 g/mol. The van der Waals surface area contributed by atoms with Crippen LogP contribution in [0.2, 0.25) is 0 Å². The minimum Gasteiger partial charge on any atom is -0.507 e. The predicted molar refractivity (Wildman–Crippen MR) is 184 cm³/mol. The number of nitrogen functional groups attached to an aromatic ring is 1. The number of aliphatic hydroxyl groups excluding tert-OH is 6. The molecule has 22 heteroatoms. The highest BCUT2D eigenvalue weighted by atomic mass is 16.8. The number of phenols is 3. The first-order valence-electron chi connectivity index (χ1n) is 16.8. The van der Waals surface area contributed by atoms with Crippen LogP contribution < -0.4 is 15.9 Å². The first-order chi connectivity index (χ1) is 26.8. The van der Waals surface area contributed by atoms with Crippen molar-refractivity contribution in [2.75, 3.05) is 12.3 Å². The van der Waals surface area contributed by atoms with Crippen molar-refractivity contribution in [2.24, 2.45) is 0 Å². The van der Waals surface area contributed by atoms with Gasteiger partial charge in [0.1, 0.15) is 64.6 Å². The van der Waals surface area contributed by atoms with Crippen LogP contribution in [0.3, 0.4) is 0 Å². The quantitative estimate of drug-likeness (QED) is 0.0422. The Morgan fingerprint density at radius 1 is 0.895 bits per heavy atom. The number of ether oxygens (including phenoxy) is 4. The second kappa shape index (κ2) is 15.7. The summed E-state index contributed by atoms with van der Waals surface area (Å²) in [5.41, 5.74) is 4.92. The number of aliphatic hydroxyl groups is 8. The summed E-state index contributed by atoms with van der Waals surface area (Å²) in [7, 11) is 0. The second-order valence-corrected chi connectivity index (χ2v) is 13.2. The van der Waals surface area contributed by atoms with Gasteiger partial charge in [0.05, 0.1) is 0 Å². The number of fused-ring (bicyclic) bond motifs is 1. The average Bonchev–Trinajstić information content (AvgIpc) is 3.15. The van der Waals surface area contributed by atoms with E-state index in [1.807, 2.05) is 0 Å². The number of aliphatic carboxylic acids is 1. The fourth-order valence-corrected chi connectivity index (χ4v) is 6.27. The molecule has 306 valence electrons. The number of rotatable bonds is 10. The van der Waals surface area contributed by atoms with Gasteiger partial charge in [0, 0.05) is 48.0 Å². The van der Waals surface area contributed by atoms with Gasteiger partial charge in [0.25, 0.3) is 0 Å². The van der Waals surface area contributed by atoms with E-state index in [-0.39, 0.29) is 52.1 Å². The van der Waals surface area contributed by atoms with Gasteiger partial charge in [-0.05, 0) is 30.2 Å². The maximum Gasteiger partial charge on any atom is 0.340 e. The molecule has 9 atom stereocenters. The van der Waals surface area contributed by atoms with E-state index in [2.05, 4.69) is 4.98 Å². The number of pyridine rings is 1. The third-order valence-corrected chi connectivity index (χ3v) is 9.32. The van der Waals surface area contributed by atoms with Crippen molar-refractivity contribution < 1.29 is 94.2 Å². The molecule has 0 spiro atoms. The first kappa shape index (κ1) is 41.0. The lowest BCUT2D eigenvalue weighted by atomic mass is 9.94. The van der Waals surface area contributed by atoms with Crippen molar-refractivity contribution in [3.63, 3.8) is 0 Å². The highest BCUT2D eigenvalue weighted by Gasteiger charge is 2.59. The van der Waals surface area contributed by atoms with Crippen LogP contribution in [0.4, 0.5) is 5.82 Å². The van der Waals surface area contributed by atoms with Crippen LogP contribution in [0.5, 0.6) is 23.0 Å². The molecule has 4 aromatic rings. The normalized spacial score (nSPS) is 27.2. The number of aromatic hydroxyl groups is 3. The van der Waals surface area contributed by atoms with Gasteiger partial charge >= 0.3 is 11.9 Å². The van der Waals surface area contributed by atoms with Crippen LogP contribution in [-0.4, -0.2) is 146 Å². The van der Waals surface area contributed by atoms with Crippen molar-refractivity contribution in [3.8, 4) is 34.3 Å². The van der Waals surface area contributed by atoms with Crippen molar-refractivity contribution in [1.29, 1.82) is 0 Å². The Hall–Kier alpha value is -5.66. The predicted octanol–water partition coefficient (Wildman–Crippen LogP) is -3.38. The van der Waals surface area contributed by atoms with Gasteiger partial charge in [0.2, 0.25) is 24.5 Å². The van der Waals surface area contributed by atoms with Crippen molar-refractivity contribution in [1.82, 2.24) is 4.98 Å². The van der Waals surface area contributed by atoms with Gasteiger partial charge in [-0.3, -0.25) is 4.79 Å². The Labute approximate surface area is 318 Å². The smallest absolute Gasteiger partial charge is 0.340 e. The van der Waals surface area contributed by atoms with E-state index in [9.17, 15) is 75.7 Å². The standard InChI is InChI=1S/C35H36N2O20/c36-20-2-1-11(10-37-20)5-14-18(9-19-21(23(14)42)15(39)8-17(53-19)13-6-12(3-4-38)22(41)16(40)7-13)54-33-26(45)24(43)25(44)28(55-33)32(50)57-34-27(46)29(47)35(51,52)30(56-34)31(48)49/h1-2,6-10,24-30,33-34,38,40-47,51-52H,3-5H2,(H2,36,37)(H,48,49). The van der Waals surface area contributed by atoms with Crippen molar-refractivity contribution in [3.05, 3.63) is 69.5 Å². The van der Waals surface area contributed by atoms with Crippen LogP contribution in [0.15, 0.2) is 51.8 Å². The third-order valence-electron chi connectivity index (χ3n) is 9.32. The van der Waals surface area contributed by atoms with Crippen LogP contribution in [0, 0.1) is 0 Å². The number of aromatic nitrogens is 1. The lowest BCUT2D eigenvalue weighted by molar-refractivity contribution is -0.372. The number of carboxylic acid groups (broad SMARTS) is 1. The molecule has 2 aliphatic heterocycles. The number of benzene rings is 2. The Morgan fingerprint density at radius 2 is 1.61 bits per heavy atom. The summed E-state index contributed by atoms with van der Waals surface area (Å²) in [5, 5.41) is 123. The molecule has 22 nitrogen and oxygen atoms in total. The molecule has 6 rings (SSSR count). The molecule has 4 heterocycles. The van der Waals surface area contributed by atoms with E-state index in [0.29, 0.717) is 5.56 Å². The van der Waals surface area contributed by atoms with E-state index < -0.39 is 108 Å². The van der Waals surface area contributed by atoms with Gasteiger partial charge in [-0.25, -0.2) is 14.6 Å². The lowest BCUT2D eigenvalue weighted by Crippen LogP contribution is -2.69. The zero-order valence-electron chi connectivity index (χ0n) is 29.0. The number of hydrogen-bond acceptors (Lipinski definition) is 21. The highest BCUT2D eigenvalue weighted by Crippen LogP contribution is 2.41. The largest absolute Gasteiger partial charge is 0.507 e. The molecule has 57 heavy (non-hydrogen) atoms. The number of carbonyl (C=O) groups excluding carboxylic acids is 1. The Kier molecular flexibility index (Phi) is 11.3. The minimum atomic E-state index is -3.55. The van der Waals surface area contributed by atoms with Gasteiger partial charge < -0.3 is 90.4 Å². The molecule has 2 saturated heterocycles. The van der Waals surface area contributed by atoms with Gasteiger partial charge in [0.15, 0.2) is 23.0 Å². The summed E-state index contributed by atoms with van der Waals surface area (Å²) >= 11 is 0. The van der Waals surface area contributed by atoms with Crippen LogP contribution in [-0.2, 0) is 36.6 Å². The zero-order chi connectivity index (χ0) is 41.7. The van der Waals surface area contributed by atoms with Crippen molar-refractivity contribution >= 4 is 28.7 Å². The average molecular weight is 805 g/mol. The number of nitrogens with zero attached hydrogens (tertiary/aromatic N) is 1. The topological polar surface area (TPSA) is 383 Å². The Balaban J connectivity index is 1.38. The number of carbonyl (C=O) groups is 2. The van der Waals surface area contributed by atoms with Crippen LogP contribution >= 0.6 is 0 Å². The third kappa shape index (κ3) is 7.73. The maximum absolute atomic E-state index is 13.5. The number of esters is 1. The molecule has 14 N–H and O–H groups in total. The maximum atomic E-state index is 13.5. The molecule has 0 radical (unpaired) electrons. The number of carboxylic acids is 1. The number of hydrogen-bond donors (Lipinski definition) is 13. The first-order valence-corrected chi connectivity index (χ1v) is 16.8. The Bertz CT molecular complexity index is 2230. The van der Waals surface area contributed by atoms with Gasteiger partial charge in [-0.15, -0.1) is 0 Å². The van der Waals surface area contributed by atoms with E-state index in [4.69, 9.17) is 29.1 Å². The molecule has 0 saturated carbocycles. The Morgan fingerprint density at radius 3 is 2.26 bits per heavy atom. The molecule has 9 unspecified atom stereocenters. The fraction of sp³-hybridized carbons (Fsp3) is 0.371. The summed E-state index contributed by atoms with van der Waals surface area (Å²) in [6.07, 6.45) is -20.4. The minimum absolute atomic E-state index is 0.0640. The monoisotopic (exact) mass is 804 g/mol. The number of anilines is 1. The zero-order valence-corrected chi connectivity index (χ0v) is 29.0. The molecule has 2 fully saturated rings. The SMILES string of the molecule is Nc1ccc(Cc2c(OC3OC(C(=O)OC4OC(C(=O)O)C(O)(O)C(O)C4O)C(O)C(O)C3O)cc3oc(-c4cc(O)c(O)c(CCO)c4)cc(=O)c3c2O)cn1. The second-order valence-electron chi connectivity index (χ2n) is 13.2. The van der Waals surface area contributed by atoms with Gasteiger partial charge in [-0.1, -0.05) is 6.07 Å². The highest BCUT2D eigenvalue weighted by molar-refractivity contribution is 5.88. The molecule has 2 aromatic carbocycles. The molecule has 2 aliphatic rings. The number of nitrogens with two attached hydrogens (primary N) is 1. The molecule has 0 aliphatic carbocycles. The fourth-order valence-electron chi connectivity index (χ4n) is 6.27.